The summed E-state index contributed by atoms with van der Waals surface area (Å²) in [7, 11) is 0. The van der Waals surface area contributed by atoms with E-state index >= 15 is 0 Å². The van der Waals surface area contributed by atoms with Crippen LogP contribution in [-0.2, 0) is 6.42 Å². The van der Waals surface area contributed by atoms with Crippen LogP contribution in [-0.4, -0.2) is 12.5 Å². The Labute approximate surface area is 129 Å². The fourth-order valence-electron chi connectivity index (χ4n) is 1.67. The van der Waals surface area contributed by atoms with Crippen molar-refractivity contribution in [3.05, 3.63) is 55.1 Å². The number of halogens is 2. The number of amides is 1. The van der Waals surface area contributed by atoms with Gasteiger partial charge in [-0.1, -0.05) is 27.5 Å². The number of carbonyl (C=O) groups excluding carboxylic acids is 1. The molecule has 1 amide bonds. The van der Waals surface area contributed by atoms with E-state index in [4.69, 9.17) is 11.6 Å². The first-order valence-electron chi connectivity index (χ1n) is 5.85. The summed E-state index contributed by atoms with van der Waals surface area (Å²) in [5, 5.41) is 2.91. The molecule has 1 aromatic carbocycles. The Morgan fingerprint density at radius 2 is 2.16 bits per heavy atom. The highest BCUT2D eigenvalue weighted by Crippen LogP contribution is 2.21. The van der Waals surface area contributed by atoms with Crippen molar-refractivity contribution < 1.29 is 4.79 Å². The first-order chi connectivity index (χ1) is 9.06. The van der Waals surface area contributed by atoms with Crippen LogP contribution >= 0.6 is 38.9 Å². The van der Waals surface area contributed by atoms with Crippen LogP contribution in [0.2, 0.25) is 4.34 Å². The van der Waals surface area contributed by atoms with E-state index in [2.05, 4.69) is 21.2 Å². The van der Waals surface area contributed by atoms with E-state index in [1.807, 2.05) is 37.3 Å². The molecule has 0 radical (unpaired) electrons. The second kappa shape index (κ2) is 6.55. The number of benzene rings is 1. The lowest BCUT2D eigenvalue weighted by molar-refractivity contribution is 0.0954. The Balaban J connectivity index is 1.89. The van der Waals surface area contributed by atoms with E-state index in [9.17, 15) is 4.79 Å². The molecule has 1 heterocycles. The fourth-order valence-corrected chi connectivity index (χ4v) is 3.01. The van der Waals surface area contributed by atoms with Crippen LogP contribution in [0.1, 0.15) is 20.8 Å². The first kappa shape index (κ1) is 14.6. The van der Waals surface area contributed by atoms with Gasteiger partial charge in [0.05, 0.1) is 4.34 Å². The van der Waals surface area contributed by atoms with E-state index in [1.54, 1.807) is 11.3 Å². The summed E-state index contributed by atoms with van der Waals surface area (Å²) in [4.78, 5) is 13.1. The molecule has 100 valence electrons. The lowest BCUT2D eigenvalue weighted by atomic mass is 10.1. The molecule has 5 heteroatoms. The summed E-state index contributed by atoms with van der Waals surface area (Å²) < 4.78 is 1.79. The molecule has 0 aliphatic carbocycles. The smallest absolute Gasteiger partial charge is 0.251 e. The zero-order valence-electron chi connectivity index (χ0n) is 10.4. The molecule has 0 fully saturated rings. The lowest BCUT2D eigenvalue weighted by Gasteiger charge is -2.06. The summed E-state index contributed by atoms with van der Waals surface area (Å²) in [6.45, 7) is 2.58. The molecule has 0 unspecified atom stereocenters. The number of hydrogen-bond acceptors (Lipinski definition) is 2. The number of thiophene rings is 1. The van der Waals surface area contributed by atoms with Crippen molar-refractivity contribution in [2.75, 3.05) is 6.54 Å². The van der Waals surface area contributed by atoms with Crippen molar-refractivity contribution >= 4 is 44.8 Å². The van der Waals surface area contributed by atoms with Gasteiger partial charge in [-0.2, -0.15) is 0 Å². The zero-order valence-corrected chi connectivity index (χ0v) is 13.5. The predicted molar refractivity (Wildman–Crippen MR) is 84.2 cm³/mol. The maximum atomic E-state index is 12.0. The Kier molecular flexibility index (Phi) is 5.02. The van der Waals surface area contributed by atoms with Gasteiger partial charge >= 0.3 is 0 Å². The monoisotopic (exact) mass is 357 g/mol. The van der Waals surface area contributed by atoms with Crippen molar-refractivity contribution in [2.24, 2.45) is 0 Å². The van der Waals surface area contributed by atoms with Gasteiger partial charge < -0.3 is 5.32 Å². The van der Waals surface area contributed by atoms with Gasteiger partial charge in [0, 0.05) is 21.5 Å². The number of rotatable bonds is 4. The molecule has 0 aliphatic heterocycles. The van der Waals surface area contributed by atoms with Crippen molar-refractivity contribution in [1.82, 2.24) is 5.32 Å². The maximum Gasteiger partial charge on any atom is 0.251 e. The number of nitrogens with one attached hydrogen (secondary N) is 1. The number of carbonyl (C=O) groups is 1. The summed E-state index contributed by atoms with van der Waals surface area (Å²) in [5.74, 6) is -0.0433. The highest BCUT2D eigenvalue weighted by atomic mass is 79.9. The van der Waals surface area contributed by atoms with E-state index in [0.717, 1.165) is 20.8 Å². The molecule has 0 bridgehead atoms. The Hall–Kier alpha value is -0.840. The van der Waals surface area contributed by atoms with E-state index in [-0.39, 0.29) is 5.91 Å². The van der Waals surface area contributed by atoms with Crippen molar-refractivity contribution in [3.63, 3.8) is 0 Å². The van der Waals surface area contributed by atoms with Gasteiger partial charge in [-0.15, -0.1) is 11.3 Å². The van der Waals surface area contributed by atoms with E-state index < -0.39 is 0 Å². The average Bonchev–Trinajstić information content (AvgIpc) is 2.78. The molecule has 0 saturated carbocycles. The van der Waals surface area contributed by atoms with Crippen LogP contribution in [0.15, 0.2) is 34.8 Å². The summed E-state index contributed by atoms with van der Waals surface area (Å²) in [6, 6.07) is 9.45. The molecule has 0 aliphatic rings. The normalized spacial score (nSPS) is 10.5. The van der Waals surface area contributed by atoms with Crippen LogP contribution in [0, 0.1) is 6.92 Å². The molecule has 1 aromatic heterocycles. The number of hydrogen-bond donors (Lipinski definition) is 1. The van der Waals surface area contributed by atoms with Gasteiger partial charge in [-0.3, -0.25) is 4.79 Å². The maximum absolute atomic E-state index is 12.0. The van der Waals surface area contributed by atoms with Gasteiger partial charge in [0.25, 0.3) is 5.91 Å². The second-order valence-electron chi connectivity index (χ2n) is 4.18. The topological polar surface area (TPSA) is 29.1 Å². The molecule has 19 heavy (non-hydrogen) atoms. The van der Waals surface area contributed by atoms with E-state index in [0.29, 0.717) is 12.1 Å². The molecular weight excluding hydrogens is 346 g/mol. The third-order valence-corrected chi connectivity index (χ3v) is 4.89. The van der Waals surface area contributed by atoms with Crippen LogP contribution in [0.3, 0.4) is 0 Å². The molecule has 0 saturated heterocycles. The van der Waals surface area contributed by atoms with Gasteiger partial charge in [-0.25, -0.2) is 0 Å². The largest absolute Gasteiger partial charge is 0.352 e. The Morgan fingerprint density at radius 1 is 1.37 bits per heavy atom. The highest BCUT2D eigenvalue weighted by molar-refractivity contribution is 9.10. The molecule has 0 spiro atoms. The first-order valence-corrected chi connectivity index (χ1v) is 7.83. The molecule has 2 nitrogen and oxygen atoms in total. The van der Waals surface area contributed by atoms with Gasteiger partial charge in [0.15, 0.2) is 0 Å². The van der Waals surface area contributed by atoms with Crippen molar-refractivity contribution in [3.8, 4) is 0 Å². The SMILES string of the molecule is Cc1cc(C(=O)NCCc2ccc(Cl)s2)ccc1Br. The summed E-state index contributed by atoms with van der Waals surface area (Å²) >= 11 is 10.8. The lowest BCUT2D eigenvalue weighted by Crippen LogP contribution is -2.25. The number of aryl methyl sites for hydroxylation is 1. The molecule has 2 rings (SSSR count). The average molecular weight is 359 g/mol. The second-order valence-corrected chi connectivity index (χ2v) is 6.83. The van der Waals surface area contributed by atoms with Gasteiger partial charge in [-0.05, 0) is 49.2 Å². The summed E-state index contributed by atoms with van der Waals surface area (Å²) in [5.41, 5.74) is 1.74. The predicted octanol–water partition coefficient (Wildman–Crippen LogP) is 4.44. The molecule has 2 aromatic rings. The Bertz CT molecular complexity index is 597. The van der Waals surface area contributed by atoms with Crippen LogP contribution in [0.25, 0.3) is 0 Å². The molecule has 1 N–H and O–H groups in total. The Morgan fingerprint density at radius 3 is 2.79 bits per heavy atom. The third kappa shape index (κ3) is 4.06. The van der Waals surface area contributed by atoms with Crippen molar-refractivity contribution in [1.29, 1.82) is 0 Å². The summed E-state index contributed by atoms with van der Waals surface area (Å²) in [6.07, 6.45) is 0.804. The van der Waals surface area contributed by atoms with Gasteiger partial charge in [0.1, 0.15) is 0 Å². The van der Waals surface area contributed by atoms with Crippen LogP contribution in [0.4, 0.5) is 0 Å². The fraction of sp³-hybridized carbons (Fsp3) is 0.214. The quantitative estimate of drug-likeness (QED) is 0.860. The van der Waals surface area contributed by atoms with Crippen LogP contribution < -0.4 is 5.32 Å². The molecule has 0 atom stereocenters. The van der Waals surface area contributed by atoms with E-state index in [1.165, 1.54) is 4.88 Å². The van der Waals surface area contributed by atoms with Crippen LogP contribution in [0.5, 0.6) is 0 Å². The highest BCUT2D eigenvalue weighted by Gasteiger charge is 2.06. The minimum atomic E-state index is -0.0433. The van der Waals surface area contributed by atoms with Gasteiger partial charge in [0.2, 0.25) is 0 Å². The standard InChI is InChI=1S/C14H13BrClNOS/c1-9-8-10(2-4-12(9)15)14(18)17-7-6-11-3-5-13(16)19-11/h2-5,8H,6-7H2,1H3,(H,17,18). The minimum Gasteiger partial charge on any atom is -0.352 e. The zero-order chi connectivity index (χ0) is 13.8. The third-order valence-electron chi connectivity index (χ3n) is 2.71. The van der Waals surface area contributed by atoms with Crippen molar-refractivity contribution in [2.45, 2.75) is 13.3 Å². The molecular formula is C14H13BrClNOS. The minimum absolute atomic E-state index is 0.0433.